The van der Waals surface area contributed by atoms with E-state index in [1.54, 1.807) is 0 Å². The van der Waals surface area contributed by atoms with Gasteiger partial charge >= 0.3 is 0 Å². The lowest BCUT2D eigenvalue weighted by Gasteiger charge is -2.32. The Hall–Kier alpha value is -0.320. The van der Waals surface area contributed by atoms with E-state index in [4.69, 9.17) is 16.3 Å². The minimum Gasteiger partial charge on any atom is -1.00 e. The minimum atomic E-state index is -0.410. The number of rotatable bonds is 6. The van der Waals surface area contributed by atoms with Crippen LogP contribution < -0.4 is 12.4 Å². The Kier molecular flexibility index (Phi) is 8.60. The molecule has 2 atom stereocenters. The molecular weight excluding hydrogens is 309 g/mol. The zero-order valence-corrected chi connectivity index (χ0v) is 14.0. The fourth-order valence-electron chi connectivity index (χ4n) is 2.70. The molecule has 21 heavy (non-hydrogen) atoms. The van der Waals surface area contributed by atoms with Gasteiger partial charge in [-0.1, -0.05) is 30.7 Å². The Balaban J connectivity index is 0.00000220. The maximum atomic E-state index is 10.0. The molecule has 1 saturated heterocycles. The molecule has 1 aliphatic rings. The van der Waals surface area contributed by atoms with E-state index in [1.807, 2.05) is 24.3 Å². The third-order valence-corrected chi connectivity index (χ3v) is 3.95. The molecule has 0 aliphatic carbocycles. The van der Waals surface area contributed by atoms with Crippen LogP contribution in [0, 0.1) is 5.92 Å². The maximum Gasteiger partial charge on any atom is 0.0900 e. The predicted octanol–water partition coefficient (Wildman–Crippen LogP) is -0.0466. The second kappa shape index (κ2) is 9.65. The van der Waals surface area contributed by atoms with Crippen molar-refractivity contribution in [3.8, 4) is 0 Å². The van der Waals surface area contributed by atoms with E-state index in [0.717, 1.165) is 29.6 Å². The number of aliphatic hydroxyl groups excluding tert-OH is 1. The number of aliphatic hydroxyl groups is 1. The zero-order chi connectivity index (χ0) is 14.4. The third-order valence-electron chi connectivity index (χ3n) is 3.70. The normalized spacial score (nSPS) is 20.8. The summed E-state index contributed by atoms with van der Waals surface area (Å²) in [5.74, 6) is 0.742. The monoisotopic (exact) mass is 332 g/mol. The molecule has 2 unspecified atom stereocenters. The summed E-state index contributed by atoms with van der Waals surface area (Å²) < 4.78 is 5.57. The van der Waals surface area contributed by atoms with Crippen molar-refractivity contribution in [3.63, 3.8) is 0 Å². The lowest BCUT2D eigenvalue weighted by Crippen LogP contribution is -3.00. The molecule has 0 radical (unpaired) electrons. The van der Waals surface area contributed by atoms with Gasteiger partial charge in [0, 0.05) is 18.1 Å². The van der Waals surface area contributed by atoms with Crippen LogP contribution in [0.25, 0.3) is 0 Å². The molecule has 1 fully saturated rings. The van der Waals surface area contributed by atoms with Gasteiger partial charge in [0.2, 0.25) is 0 Å². The number of halogens is 2. The average molecular weight is 333 g/mol. The molecule has 3 nitrogen and oxygen atoms in total. The summed E-state index contributed by atoms with van der Waals surface area (Å²) in [4.78, 5) is 2.34. The van der Waals surface area contributed by atoms with Crippen LogP contribution in [0.15, 0.2) is 24.3 Å². The fraction of sp³-hybridized carbons (Fsp3) is 0.625. The van der Waals surface area contributed by atoms with Crippen LogP contribution in [0.3, 0.4) is 0 Å². The van der Waals surface area contributed by atoms with Crippen LogP contribution in [-0.4, -0.2) is 42.4 Å². The lowest BCUT2D eigenvalue weighted by atomic mass is 10.0. The molecule has 0 spiro atoms. The Bertz CT molecular complexity index is 400. The summed E-state index contributed by atoms with van der Waals surface area (Å²) >= 11 is 5.83. The predicted molar refractivity (Wildman–Crippen MR) is 82.0 cm³/mol. The highest BCUT2D eigenvalue weighted by atomic mass is 35.5. The van der Waals surface area contributed by atoms with Crippen LogP contribution in [0.5, 0.6) is 0 Å². The standard InChI is InChI=1S/C16H24ClNO2.ClH/c1-13-3-2-8-18(9-13)10-16(19)12-20-11-14-4-6-15(17)7-5-14;/h4-7,13,16,19H,2-3,8-12H2,1H3;1H/p-1. The van der Waals surface area contributed by atoms with Crippen molar-refractivity contribution in [3.05, 3.63) is 34.9 Å². The molecule has 0 bridgehead atoms. The molecule has 0 saturated carbocycles. The van der Waals surface area contributed by atoms with Gasteiger partial charge in [0.15, 0.2) is 0 Å². The number of benzene rings is 1. The first-order valence-electron chi connectivity index (χ1n) is 7.36. The second-order valence-corrected chi connectivity index (χ2v) is 6.24. The van der Waals surface area contributed by atoms with Crippen LogP contribution in [-0.2, 0) is 11.3 Å². The minimum absolute atomic E-state index is 0. The first-order chi connectivity index (χ1) is 9.63. The molecule has 1 aromatic rings. The first-order valence-corrected chi connectivity index (χ1v) is 7.74. The molecule has 2 rings (SSSR count). The van der Waals surface area contributed by atoms with Crippen LogP contribution in [0.4, 0.5) is 0 Å². The van der Waals surface area contributed by atoms with Crippen molar-refractivity contribution in [1.82, 2.24) is 4.90 Å². The van der Waals surface area contributed by atoms with E-state index in [9.17, 15) is 5.11 Å². The number of hydrogen-bond donors (Lipinski definition) is 1. The van der Waals surface area contributed by atoms with Crippen LogP contribution in [0.1, 0.15) is 25.3 Å². The molecule has 1 heterocycles. The number of piperidine rings is 1. The summed E-state index contributed by atoms with van der Waals surface area (Å²) in [6.45, 7) is 6.07. The first kappa shape index (κ1) is 18.7. The van der Waals surface area contributed by atoms with Gasteiger partial charge in [-0.05, 0) is 43.0 Å². The Morgan fingerprint density at radius 3 is 2.76 bits per heavy atom. The Labute approximate surface area is 138 Å². The maximum absolute atomic E-state index is 10.0. The summed E-state index contributed by atoms with van der Waals surface area (Å²) in [5.41, 5.74) is 1.08. The molecule has 120 valence electrons. The van der Waals surface area contributed by atoms with E-state index in [0.29, 0.717) is 19.8 Å². The summed E-state index contributed by atoms with van der Waals surface area (Å²) in [7, 11) is 0. The van der Waals surface area contributed by atoms with Gasteiger partial charge in [-0.15, -0.1) is 0 Å². The third kappa shape index (κ3) is 6.98. The number of ether oxygens (including phenoxy) is 1. The van der Waals surface area contributed by atoms with Gasteiger partial charge in [-0.25, -0.2) is 0 Å². The highest BCUT2D eigenvalue weighted by Crippen LogP contribution is 2.15. The molecule has 0 aromatic heterocycles. The largest absolute Gasteiger partial charge is 1.00 e. The second-order valence-electron chi connectivity index (χ2n) is 5.80. The highest BCUT2D eigenvalue weighted by molar-refractivity contribution is 6.30. The van der Waals surface area contributed by atoms with Crippen molar-refractivity contribution in [2.75, 3.05) is 26.2 Å². The molecule has 0 amide bonds. The molecule has 1 aliphatic heterocycles. The molecule has 1 N–H and O–H groups in total. The van der Waals surface area contributed by atoms with E-state index < -0.39 is 6.10 Å². The van der Waals surface area contributed by atoms with Gasteiger partial charge < -0.3 is 27.2 Å². The summed E-state index contributed by atoms with van der Waals surface area (Å²) in [6.07, 6.45) is 2.13. The highest BCUT2D eigenvalue weighted by Gasteiger charge is 2.18. The number of β-amino-alcohol motifs (C(OH)–C–C–N with tert-alkyl or cyclic N) is 1. The van der Waals surface area contributed by atoms with Gasteiger partial charge in [-0.2, -0.15) is 0 Å². The Morgan fingerprint density at radius 1 is 1.38 bits per heavy atom. The van der Waals surface area contributed by atoms with E-state index >= 15 is 0 Å². The summed E-state index contributed by atoms with van der Waals surface area (Å²) in [6, 6.07) is 7.60. The number of nitrogens with zero attached hydrogens (tertiary/aromatic N) is 1. The molecular formula is C16H24Cl2NO2-. The quantitative estimate of drug-likeness (QED) is 0.793. The van der Waals surface area contributed by atoms with E-state index in [-0.39, 0.29) is 12.4 Å². The molecule has 5 heteroatoms. The number of likely N-dealkylation sites (tertiary alicyclic amines) is 1. The SMILES string of the molecule is CC1CCCN(CC(O)COCc2ccc(Cl)cc2)C1.[Cl-]. The lowest BCUT2D eigenvalue weighted by molar-refractivity contribution is -0.0000201. The van der Waals surface area contributed by atoms with Crippen molar-refractivity contribution >= 4 is 11.6 Å². The zero-order valence-electron chi connectivity index (χ0n) is 12.5. The van der Waals surface area contributed by atoms with Gasteiger partial charge in [0.05, 0.1) is 19.3 Å². The van der Waals surface area contributed by atoms with Crippen LogP contribution >= 0.6 is 11.6 Å². The number of hydrogen-bond acceptors (Lipinski definition) is 3. The fourth-order valence-corrected chi connectivity index (χ4v) is 2.82. The van der Waals surface area contributed by atoms with E-state index in [2.05, 4.69) is 11.8 Å². The Morgan fingerprint density at radius 2 is 2.10 bits per heavy atom. The molecule has 1 aromatic carbocycles. The summed E-state index contributed by atoms with van der Waals surface area (Å²) in [5, 5.41) is 10.8. The van der Waals surface area contributed by atoms with Gasteiger partial charge in [0.25, 0.3) is 0 Å². The van der Waals surface area contributed by atoms with Crippen LogP contribution in [0.2, 0.25) is 5.02 Å². The van der Waals surface area contributed by atoms with Crippen molar-refractivity contribution in [2.24, 2.45) is 5.92 Å². The van der Waals surface area contributed by atoms with Gasteiger partial charge in [-0.3, -0.25) is 0 Å². The van der Waals surface area contributed by atoms with Crippen molar-refractivity contribution < 1.29 is 22.3 Å². The smallest absolute Gasteiger partial charge is 0.0900 e. The topological polar surface area (TPSA) is 32.7 Å². The van der Waals surface area contributed by atoms with E-state index in [1.165, 1.54) is 12.8 Å². The van der Waals surface area contributed by atoms with Crippen molar-refractivity contribution in [1.29, 1.82) is 0 Å². The van der Waals surface area contributed by atoms with Gasteiger partial charge in [0.1, 0.15) is 0 Å². The van der Waals surface area contributed by atoms with Crippen molar-refractivity contribution in [2.45, 2.75) is 32.5 Å². The average Bonchev–Trinajstić information content (AvgIpc) is 2.41.